The molecule has 23 heavy (non-hydrogen) atoms. The van der Waals surface area contributed by atoms with E-state index in [0.29, 0.717) is 0 Å². The van der Waals surface area contributed by atoms with Crippen molar-refractivity contribution >= 4 is 26.8 Å². The molecule has 0 heterocycles. The molecule has 3 rings (SSSR count). The van der Waals surface area contributed by atoms with Crippen LogP contribution in [-0.4, -0.2) is 14.3 Å². The molecule has 0 atom stereocenters. The molecule has 0 saturated carbocycles. The molecule has 0 aliphatic heterocycles. The van der Waals surface area contributed by atoms with Crippen LogP contribution < -0.4 is 9.92 Å². The van der Waals surface area contributed by atoms with Crippen LogP contribution in [0.1, 0.15) is 10.4 Å². The predicted molar refractivity (Wildman–Crippen MR) is 86.7 cm³/mol. The van der Waals surface area contributed by atoms with Gasteiger partial charge < -0.3 is 9.92 Å². The van der Waals surface area contributed by atoms with E-state index in [1.807, 2.05) is 24.3 Å². The van der Waals surface area contributed by atoms with Gasteiger partial charge in [-0.1, -0.05) is 30.3 Å². The summed E-state index contributed by atoms with van der Waals surface area (Å²) >= 11 is 0. The Morgan fingerprint density at radius 1 is 0.870 bits per heavy atom. The van der Waals surface area contributed by atoms with Crippen molar-refractivity contribution in [3.63, 3.8) is 0 Å². The van der Waals surface area contributed by atoms with Crippen LogP contribution in [0.15, 0.2) is 71.6 Å². The van der Waals surface area contributed by atoms with Crippen LogP contribution >= 0.6 is 0 Å². The van der Waals surface area contributed by atoms with Crippen LogP contribution in [0.4, 0.5) is 0 Å². The lowest BCUT2D eigenvalue weighted by Crippen LogP contribution is -2.13. The Morgan fingerprint density at radius 2 is 1.52 bits per heavy atom. The van der Waals surface area contributed by atoms with E-state index in [1.165, 1.54) is 24.3 Å². The molecule has 116 valence electrons. The molecule has 1 amide bonds. The standard InChI is InChI=1S/C17H13NO4S/c18-17(19)13-6-9-16(10-7-13)23(20,21)22-15-8-5-12-3-1-2-4-14(12)11-15/h1-11H,(H2,18,19). The lowest BCUT2D eigenvalue weighted by molar-refractivity contribution is 0.1000. The van der Waals surface area contributed by atoms with Gasteiger partial charge in [0.25, 0.3) is 0 Å². The Balaban J connectivity index is 1.91. The third-order valence-corrected chi connectivity index (χ3v) is 4.62. The maximum atomic E-state index is 12.3. The highest BCUT2D eigenvalue weighted by atomic mass is 32.2. The molecule has 3 aromatic rings. The van der Waals surface area contributed by atoms with Gasteiger partial charge in [-0.15, -0.1) is 0 Å². The summed E-state index contributed by atoms with van der Waals surface area (Å²) in [6.45, 7) is 0. The summed E-state index contributed by atoms with van der Waals surface area (Å²) in [5.74, 6) is -0.396. The molecule has 0 fully saturated rings. The van der Waals surface area contributed by atoms with Gasteiger partial charge in [0.1, 0.15) is 10.6 Å². The summed E-state index contributed by atoms with van der Waals surface area (Å²) in [6, 6.07) is 17.9. The van der Waals surface area contributed by atoms with E-state index in [-0.39, 0.29) is 16.2 Å². The van der Waals surface area contributed by atoms with Crippen molar-refractivity contribution in [3.8, 4) is 5.75 Å². The van der Waals surface area contributed by atoms with E-state index in [4.69, 9.17) is 9.92 Å². The number of hydrogen-bond acceptors (Lipinski definition) is 4. The van der Waals surface area contributed by atoms with Crippen LogP contribution in [0.5, 0.6) is 5.75 Å². The lowest BCUT2D eigenvalue weighted by atomic mass is 10.1. The van der Waals surface area contributed by atoms with Crippen molar-refractivity contribution in [2.24, 2.45) is 5.73 Å². The second kappa shape index (κ2) is 5.73. The van der Waals surface area contributed by atoms with Crippen molar-refractivity contribution in [1.82, 2.24) is 0 Å². The van der Waals surface area contributed by atoms with Gasteiger partial charge in [0.2, 0.25) is 5.91 Å². The fraction of sp³-hybridized carbons (Fsp3) is 0. The van der Waals surface area contributed by atoms with Gasteiger partial charge in [0.15, 0.2) is 0 Å². The number of primary amides is 1. The molecule has 0 unspecified atom stereocenters. The minimum absolute atomic E-state index is 0.0457. The Labute approximate surface area is 133 Å². The average molecular weight is 327 g/mol. The second-order valence-electron chi connectivity index (χ2n) is 4.94. The van der Waals surface area contributed by atoms with E-state index in [0.717, 1.165) is 10.8 Å². The molecule has 0 spiro atoms. The van der Waals surface area contributed by atoms with Gasteiger partial charge >= 0.3 is 10.1 Å². The third-order valence-electron chi connectivity index (χ3n) is 3.35. The molecule has 2 N–H and O–H groups in total. The third kappa shape index (κ3) is 3.17. The fourth-order valence-corrected chi connectivity index (χ4v) is 3.10. The summed E-state index contributed by atoms with van der Waals surface area (Å²) in [5, 5.41) is 1.87. The number of carbonyl (C=O) groups is 1. The Bertz CT molecular complexity index is 979. The van der Waals surface area contributed by atoms with Crippen LogP contribution in [0.25, 0.3) is 10.8 Å². The Morgan fingerprint density at radius 3 is 2.17 bits per heavy atom. The molecule has 0 aromatic heterocycles. The van der Waals surface area contributed by atoms with Crippen molar-refractivity contribution in [2.75, 3.05) is 0 Å². The quantitative estimate of drug-likeness (QED) is 0.746. The first-order valence-electron chi connectivity index (χ1n) is 6.79. The summed E-state index contributed by atoms with van der Waals surface area (Å²) in [4.78, 5) is 11.0. The smallest absolute Gasteiger partial charge is 0.339 e. The van der Waals surface area contributed by atoms with Crippen LogP contribution in [0.3, 0.4) is 0 Å². The fourth-order valence-electron chi connectivity index (χ4n) is 2.18. The monoisotopic (exact) mass is 327 g/mol. The normalized spacial score (nSPS) is 11.3. The maximum Gasteiger partial charge on any atom is 0.339 e. The first kappa shape index (κ1) is 15.1. The number of nitrogens with two attached hydrogens (primary N) is 1. The first-order valence-corrected chi connectivity index (χ1v) is 8.20. The van der Waals surface area contributed by atoms with E-state index in [9.17, 15) is 13.2 Å². The van der Waals surface area contributed by atoms with E-state index < -0.39 is 16.0 Å². The number of amides is 1. The summed E-state index contributed by atoms with van der Waals surface area (Å²) in [6.07, 6.45) is 0. The number of fused-ring (bicyclic) bond motifs is 1. The minimum atomic E-state index is -3.98. The molecule has 0 bridgehead atoms. The predicted octanol–water partition coefficient (Wildman–Crippen LogP) is 2.71. The zero-order valence-corrected chi connectivity index (χ0v) is 12.8. The van der Waals surface area contributed by atoms with Gasteiger partial charge in [0.05, 0.1) is 0 Å². The van der Waals surface area contributed by atoms with E-state index in [1.54, 1.807) is 18.2 Å². The molecule has 5 nitrogen and oxygen atoms in total. The van der Waals surface area contributed by atoms with Gasteiger partial charge in [-0.05, 0) is 47.2 Å². The molecule has 6 heteroatoms. The number of carbonyl (C=O) groups excluding carboxylic acids is 1. The Kier molecular flexibility index (Phi) is 3.75. The summed E-state index contributed by atoms with van der Waals surface area (Å²) in [7, 11) is -3.98. The number of rotatable bonds is 4. The van der Waals surface area contributed by atoms with E-state index >= 15 is 0 Å². The van der Waals surface area contributed by atoms with Crippen LogP contribution in [0, 0.1) is 0 Å². The van der Waals surface area contributed by atoms with Crippen molar-refractivity contribution < 1.29 is 17.4 Å². The SMILES string of the molecule is NC(=O)c1ccc(S(=O)(=O)Oc2ccc3ccccc3c2)cc1. The zero-order chi connectivity index (χ0) is 16.4. The van der Waals surface area contributed by atoms with Crippen molar-refractivity contribution in [2.45, 2.75) is 4.90 Å². The average Bonchev–Trinajstić information content (AvgIpc) is 2.54. The summed E-state index contributed by atoms with van der Waals surface area (Å²) in [5.41, 5.74) is 5.36. The molecule has 0 aliphatic rings. The highest BCUT2D eigenvalue weighted by molar-refractivity contribution is 7.87. The van der Waals surface area contributed by atoms with E-state index in [2.05, 4.69) is 0 Å². The highest BCUT2D eigenvalue weighted by Crippen LogP contribution is 2.24. The summed E-state index contributed by atoms with van der Waals surface area (Å²) < 4.78 is 29.7. The number of hydrogen-bond donors (Lipinski definition) is 1. The molecule has 0 radical (unpaired) electrons. The lowest BCUT2D eigenvalue weighted by Gasteiger charge is -2.08. The minimum Gasteiger partial charge on any atom is -0.379 e. The molecular weight excluding hydrogens is 314 g/mol. The molecule has 0 aliphatic carbocycles. The molecule has 3 aromatic carbocycles. The number of benzene rings is 3. The van der Waals surface area contributed by atoms with Crippen molar-refractivity contribution in [1.29, 1.82) is 0 Å². The van der Waals surface area contributed by atoms with Gasteiger partial charge in [-0.2, -0.15) is 8.42 Å². The van der Waals surface area contributed by atoms with Crippen LogP contribution in [0.2, 0.25) is 0 Å². The maximum absolute atomic E-state index is 12.3. The van der Waals surface area contributed by atoms with Gasteiger partial charge in [0, 0.05) is 5.56 Å². The molecular formula is C17H13NO4S. The first-order chi connectivity index (χ1) is 11.0. The zero-order valence-electron chi connectivity index (χ0n) is 12.0. The second-order valence-corrected chi connectivity index (χ2v) is 6.48. The topological polar surface area (TPSA) is 86.5 Å². The van der Waals surface area contributed by atoms with Gasteiger partial charge in [-0.25, -0.2) is 0 Å². The highest BCUT2D eigenvalue weighted by Gasteiger charge is 2.17. The van der Waals surface area contributed by atoms with Crippen molar-refractivity contribution in [3.05, 3.63) is 72.3 Å². The van der Waals surface area contributed by atoms with Crippen LogP contribution in [-0.2, 0) is 10.1 Å². The largest absolute Gasteiger partial charge is 0.379 e. The van der Waals surface area contributed by atoms with Gasteiger partial charge in [-0.3, -0.25) is 4.79 Å². The Hall–Kier alpha value is -2.86. The molecule has 0 saturated heterocycles.